The van der Waals surface area contributed by atoms with Gasteiger partial charge in [0.25, 0.3) is 0 Å². The van der Waals surface area contributed by atoms with Crippen LogP contribution in [0, 0.1) is 0 Å². The second-order valence-corrected chi connectivity index (χ2v) is 16.2. The molecule has 11 rings (SSSR count). The van der Waals surface area contributed by atoms with Crippen LogP contribution in [0.3, 0.4) is 0 Å². The minimum atomic E-state index is 1.08. The third kappa shape index (κ3) is 6.10. The highest BCUT2D eigenvalue weighted by molar-refractivity contribution is 7.26. The molecule has 0 atom stereocenters. The lowest BCUT2D eigenvalue weighted by Gasteiger charge is -2.26. The average Bonchev–Trinajstić information content (AvgIpc) is 3.68. The van der Waals surface area contributed by atoms with Crippen molar-refractivity contribution in [2.75, 3.05) is 4.90 Å². The Labute approximate surface area is 343 Å². The van der Waals surface area contributed by atoms with Gasteiger partial charge in [-0.05, 0) is 121 Å². The van der Waals surface area contributed by atoms with Gasteiger partial charge in [0.05, 0.1) is 0 Å². The molecule has 0 bridgehead atoms. The molecular weight excluding hydrogens is 719 g/mol. The molecule has 0 saturated carbocycles. The van der Waals surface area contributed by atoms with Crippen molar-refractivity contribution >= 4 is 88.3 Å². The molecule has 58 heavy (non-hydrogen) atoms. The van der Waals surface area contributed by atoms with Crippen molar-refractivity contribution in [3.63, 3.8) is 0 Å². The van der Waals surface area contributed by atoms with E-state index in [1.54, 1.807) is 0 Å². The molecule has 0 unspecified atom stereocenters. The zero-order valence-corrected chi connectivity index (χ0v) is 32.8. The number of allylic oxidation sites excluding steroid dienone is 1. The molecule has 1 heterocycles. The summed E-state index contributed by atoms with van der Waals surface area (Å²) in [5, 5.41) is 7.97. The predicted octanol–water partition coefficient (Wildman–Crippen LogP) is 16.3. The first-order valence-electron chi connectivity index (χ1n) is 20.1. The number of hydrogen-bond acceptors (Lipinski definition) is 2. The van der Waals surface area contributed by atoms with Gasteiger partial charge in [0.2, 0.25) is 0 Å². The van der Waals surface area contributed by atoms with Gasteiger partial charge in [0.15, 0.2) is 0 Å². The summed E-state index contributed by atoms with van der Waals surface area (Å²) in [4.78, 5) is 2.38. The topological polar surface area (TPSA) is 3.24 Å². The van der Waals surface area contributed by atoms with E-state index in [-0.39, 0.29) is 0 Å². The molecule has 1 aliphatic rings. The lowest BCUT2D eigenvalue weighted by Crippen LogP contribution is -2.10. The number of aryl methyl sites for hydroxylation is 1. The predicted molar refractivity (Wildman–Crippen MR) is 253 cm³/mol. The third-order valence-corrected chi connectivity index (χ3v) is 12.9. The van der Waals surface area contributed by atoms with Crippen LogP contribution in [0.15, 0.2) is 194 Å². The fourth-order valence-corrected chi connectivity index (χ4v) is 10.1. The Kier molecular flexibility index (Phi) is 8.56. The van der Waals surface area contributed by atoms with Gasteiger partial charge in [-0.15, -0.1) is 11.3 Å². The van der Waals surface area contributed by atoms with Crippen LogP contribution in [0.1, 0.15) is 28.7 Å². The van der Waals surface area contributed by atoms with E-state index in [2.05, 4.69) is 217 Å². The first kappa shape index (κ1) is 34.3. The van der Waals surface area contributed by atoms with Gasteiger partial charge in [0.1, 0.15) is 0 Å². The molecule has 0 amide bonds. The van der Waals surface area contributed by atoms with Crippen molar-refractivity contribution in [2.45, 2.75) is 12.8 Å². The third-order valence-electron chi connectivity index (χ3n) is 11.7. The summed E-state index contributed by atoms with van der Waals surface area (Å²) in [6.45, 7) is 0. The summed E-state index contributed by atoms with van der Waals surface area (Å²) >= 11 is 1.88. The quantitative estimate of drug-likeness (QED) is 0.116. The van der Waals surface area contributed by atoms with Crippen LogP contribution in [0.25, 0.3) is 82.2 Å². The summed E-state index contributed by atoms with van der Waals surface area (Å²) < 4.78 is 2.65. The molecule has 0 N–H and O–H groups in total. The number of nitrogens with zero attached hydrogens (tertiary/aromatic N) is 1. The number of anilines is 3. The molecule has 274 valence electrons. The van der Waals surface area contributed by atoms with Crippen molar-refractivity contribution in [1.82, 2.24) is 0 Å². The number of hydrogen-bond donors (Lipinski definition) is 0. The fourth-order valence-electron chi connectivity index (χ4n) is 8.90. The summed E-state index contributed by atoms with van der Waals surface area (Å²) in [7, 11) is 0. The lowest BCUT2D eigenvalue weighted by atomic mass is 9.87. The molecule has 0 aliphatic heterocycles. The first-order valence-corrected chi connectivity index (χ1v) is 21.0. The van der Waals surface area contributed by atoms with E-state index in [0.717, 1.165) is 35.5 Å². The zero-order chi connectivity index (χ0) is 38.4. The Morgan fingerprint density at radius 1 is 0.483 bits per heavy atom. The van der Waals surface area contributed by atoms with Crippen LogP contribution in [0.2, 0.25) is 0 Å². The van der Waals surface area contributed by atoms with Crippen LogP contribution >= 0.6 is 11.3 Å². The van der Waals surface area contributed by atoms with Gasteiger partial charge >= 0.3 is 0 Å². The van der Waals surface area contributed by atoms with E-state index >= 15 is 0 Å². The van der Waals surface area contributed by atoms with Gasteiger partial charge < -0.3 is 4.90 Å². The Balaban J connectivity index is 0.985. The number of thiophene rings is 1. The summed E-state index contributed by atoms with van der Waals surface area (Å²) in [5.74, 6) is 0. The van der Waals surface area contributed by atoms with E-state index < -0.39 is 0 Å². The minimum Gasteiger partial charge on any atom is -0.310 e. The van der Waals surface area contributed by atoms with Crippen molar-refractivity contribution < 1.29 is 0 Å². The van der Waals surface area contributed by atoms with Crippen molar-refractivity contribution in [2.24, 2.45) is 0 Å². The Morgan fingerprint density at radius 3 is 2.03 bits per heavy atom. The van der Waals surface area contributed by atoms with Gasteiger partial charge in [-0.1, -0.05) is 170 Å². The van der Waals surface area contributed by atoms with Crippen LogP contribution in [0.4, 0.5) is 17.1 Å². The van der Waals surface area contributed by atoms with Crippen LogP contribution in [0.5, 0.6) is 0 Å². The second-order valence-electron chi connectivity index (χ2n) is 15.2. The average molecular weight is 758 g/mol. The van der Waals surface area contributed by atoms with Gasteiger partial charge in [-0.2, -0.15) is 0 Å². The smallest absolute Gasteiger partial charge is 0.0467 e. The van der Waals surface area contributed by atoms with E-state index in [9.17, 15) is 0 Å². The van der Waals surface area contributed by atoms with Crippen molar-refractivity contribution in [1.29, 1.82) is 0 Å². The van der Waals surface area contributed by atoms with Crippen LogP contribution in [-0.4, -0.2) is 0 Å². The number of rotatable bonds is 7. The molecule has 0 spiro atoms. The van der Waals surface area contributed by atoms with Crippen molar-refractivity contribution in [3.8, 4) is 22.3 Å². The Hall–Kier alpha value is -7.00. The monoisotopic (exact) mass is 757 g/mol. The maximum Gasteiger partial charge on any atom is 0.0467 e. The largest absolute Gasteiger partial charge is 0.310 e. The van der Waals surface area contributed by atoms with Crippen LogP contribution < -0.4 is 4.90 Å². The molecule has 1 nitrogen and oxygen atoms in total. The maximum absolute atomic E-state index is 2.38. The molecule has 9 aromatic carbocycles. The van der Waals surface area contributed by atoms with E-state index in [0.29, 0.717) is 0 Å². The molecule has 0 saturated heterocycles. The molecular formula is C56H39NS. The highest BCUT2D eigenvalue weighted by Gasteiger charge is 2.17. The first-order chi connectivity index (χ1) is 28.7. The molecule has 0 radical (unpaired) electrons. The highest BCUT2D eigenvalue weighted by atomic mass is 32.1. The zero-order valence-electron chi connectivity index (χ0n) is 32.0. The molecule has 1 aromatic heterocycles. The normalized spacial score (nSPS) is 12.6. The SMILES string of the molecule is C1=Cc2ccc3ccc4cccc(C=Cc5ccc(N(c6ccc(-c7ccccc7)cc6)c6cccc(-c7cccc8c7sc7ccccc78)c6)cc5)c4c3c2CC1. The minimum absolute atomic E-state index is 1.08. The number of fused-ring (bicyclic) bond motifs is 8. The maximum atomic E-state index is 2.38. The second kappa shape index (κ2) is 14.5. The van der Waals surface area contributed by atoms with E-state index in [1.807, 2.05) is 11.3 Å². The fraction of sp³-hybridized carbons (Fsp3) is 0.0357. The van der Waals surface area contributed by atoms with Gasteiger partial charge in [-0.25, -0.2) is 0 Å². The summed E-state index contributed by atoms with van der Waals surface area (Å²) in [6.07, 6.45) is 11.3. The number of benzene rings is 9. The summed E-state index contributed by atoms with van der Waals surface area (Å²) in [6, 6.07) is 68.8. The van der Waals surface area contributed by atoms with Crippen LogP contribution in [-0.2, 0) is 6.42 Å². The highest BCUT2D eigenvalue weighted by Crippen LogP contribution is 2.43. The molecule has 1 aliphatic carbocycles. The lowest BCUT2D eigenvalue weighted by molar-refractivity contribution is 0.998. The molecule has 10 aromatic rings. The van der Waals surface area contributed by atoms with E-state index in [4.69, 9.17) is 0 Å². The van der Waals surface area contributed by atoms with Crippen molar-refractivity contribution in [3.05, 3.63) is 216 Å². The Bertz CT molecular complexity index is 3200. The molecule has 2 heteroatoms. The van der Waals surface area contributed by atoms with Gasteiger partial charge in [-0.3, -0.25) is 0 Å². The Morgan fingerprint density at radius 2 is 1.17 bits per heavy atom. The standard InChI is InChI=1S/C56H39NS/c1-2-11-39(12-3-1)40-31-35-47(36-32-40)57(48-17-9-16-45(37-48)50-20-10-21-52-51-19-6-7-22-53(51)58-56(50)52)46-33-24-38(25-34-46)23-26-42-14-8-15-43-29-30-44-28-27-41-13-4-5-18-49(41)55(44)54(42)43/h1-4,6-17,19-37H,5,18H2. The summed E-state index contributed by atoms with van der Waals surface area (Å²) in [5.41, 5.74) is 13.5. The van der Waals surface area contributed by atoms with Gasteiger partial charge in [0, 0.05) is 37.2 Å². The van der Waals surface area contributed by atoms with E-state index in [1.165, 1.54) is 80.7 Å². The molecule has 0 fully saturated rings.